The van der Waals surface area contributed by atoms with E-state index in [0.717, 1.165) is 41.6 Å². The first-order chi connectivity index (χ1) is 11.5. The van der Waals surface area contributed by atoms with Gasteiger partial charge in [0.2, 0.25) is 0 Å². The molecular weight excluding hydrogens is 464 g/mol. The van der Waals surface area contributed by atoms with Gasteiger partial charge in [0, 0.05) is 18.5 Å². The highest BCUT2D eigenvalue weighted by atomic mass is 127. The summed E-state index contributed by atoms with van der Waals surface area (Å²) in [5.74, 6) is 3.07. The topological polar surface area (TPSA) is 49.3 Å². The Bertz CT molecular complexity index is 570. The van der Waals surface area contributed by atoms with Gasteiger partial charge in [0.1, 0.15) is 5.01 Å². The number of halogens is 4. The summed E-state index contributed by atoms with van der Waals surface area (Å²) in [5.41, 5.74) is -0.835. The van der Waals surface area contributed by atoms with Crippen molar-refractivity contribution in [3.63, 3.8) is 0 Å². The molecule has 2 saturated carbocycles. The van der Waals surface area contributed by atoms with E-state index in [1.165, 1.54) is 25.7 Å². The highest BCUT2D eigenvalue weighted by Crippen LogP contribution is 2.48. The van der Waals surface area contributed by atoms with E-state index >= 15 is 0 Å². The third-order valence-corrected chi connectivity index (χ3v) is 5.35. The number of nitrogens with zero attached hydrogens (tertiary/aromatic N) is 2. The van der Waals surface area contributed by atoms with Gasteiger partial charge in [-0.15, -0.1) is 35.3 Å². The molecule has 1 aromatic heterocycles. The van der Waals surface area contributed by atoms with Gasteiger partial charge in [-0.2, -0.15) is 13.2 Å². The first-order valence-corrected chi connectivity index (χ1v) is 9.39. The second kappa shape index (κ2) is 8.88. The molecule has 142 valence electrons. The van der Waals surface area contributed by atoms with Gasteiger partial charge in [0.05, 0.1) is 6.54 Å². The zero-order valence-corrected chi connectivity index (χ0v) is 17.3. The van der Waals surface area contributed by atoms with Gasteiger partial charge in [-0.25, -0.2) is 9.98 Å². The Morgan fingerprint density at radius 3 is 2.40 bits per heavy atom. The number of hydrogen-bond donors (Lipinski definition) is 2. The molecule has 9 heteroatoms. The number of alkyl halides is 3. The number of aromatic nitrogens is 1. The fourth-order valence-corrected chi connectivity index (χ4v) is 3.71. The van der Waals surface area contributed by atoms with Crippen molar-refractivity contribution >= 4 is 41.3 Å². The van der Waals surface area contributed by atoms with Crippen molar-refractivity contribution in [3.8, 4) is 0 Å². The van der Waals surface area contributed by atoms with Gasteiger partial charge in [-0.05, 0) is 50.4 Å². The summed E-state index contributed by atoms with van der Waals surface area (Å²) in [6.45, 7) is 3.75. The molecule has 0 spiro atoms. The molecule has 0 aliphatic heterocycles. The monoisotopic (exact) mass is 488 g/mol. The fourth-order valence-electron chi connectivity index (χ4n) is 2.98. The van der Waals surface area contributed by atoms with E-state index in [-0.39, 0.29) is 30.5 Å². The van der Waals surface area contributed by atoms with Crippen molar-refractivity contribution in [1.82, 2.24) is 15.6 Å². The molecule has 25 heavy (non-hydrogen) atoms. The van der Waals surface area contributed by atoms with Crippen molar-refractivity contribution in [3.05, 3.63) is 16.1 Å². The Balaban J connectivity index is 0.00000225. The second-order valence-corrected chi connectivity index (χ2v) is 7.48. The Morgan fingerprint density at radius 1 is 1.28 bits per heavy atom. The van der Waals surface area contributed by atoms with Crippen LogP contribution in [0.5, 0.6) is 0 Å². The van der Waals surface area contributed by atoms with Crippen LogP contribution in [-0.2, 0) is 12.7 Å². The van der Waals surface area contributed by atoms with Crippen LogP contribution in [0.15, 0.2) is 10.4 Å². The van der Waals surface area contributed by atoms with Crippen LogP contribution in [0.4, 0.5) is 13.2 Å². The molecular formula is C16H24F3IN4S. The van der Waals surface area contributed by atoms with E-state index in [1.807, 2.05) is 6.92 Å². The molecule has 2 aliphatic rings. The van der Waals surface area contributed by atoms with Crippen molar-refractivity contribution in [1.29, 1.82) is 0 Å². The van der Waals surface area contributed by atoms with E-state index in [0.29, 0.717) is 16.9 Å². The highest BCUT2D eigenvalue weighted by Gasteiger charge is 2.41. The Labute approximate surface area is 167 Å². The van der Waals surface area contributed by atoms with Crippen LogP contribution >= 0.6 is 35.3 Å². The van der Waals surface area contributed by atoms with E-state index in [4.69, 9.17) is 0 Å². The lowest BCUT2D eigenvalue weighted by molar-refractivity contribution is -0.140. The Morgan fingerprint density at radius 2 is 1.92 bits per heavy atom. The predicted molar refractivity (Wildman–Crippen MR) is 104 cm³/mol. The summed E-state index contributed by atoms with van der Waals surface area (Å²) in [7, 11) is 0. The van der Waals surface area contributed by atoms with Crippen LogP contribution in [0.2, 0.25) is 0 Å². The van der Waals surface area contributed by atoms with Gasteiger partial charge < -0.3 is 10.6 Å². The zero-order chi connectivity index (χ0) is 17.2. The normalized spacial score (nSPS) is 18.2. The van der Waals surface area contributed by atoms with Crippen LogP contribution in [-0.4, -0.2) is 24.0 Å². The van der Waals surface area contributed by atoms with Crippen LogP contribution in [0, 0.1) is 17.8 Å². The van der Waals surface area contributed by atoms with Gasteiger partial charge in [-0.1, -0.05) is 0 Å². The maximum absolute atomic E-state index is 12.6. The lowest BCUT2D eigenvalue weighted by Gasteiger charge is -2.18. The molecule has 0 unspecified atom stereocenters. The first kappa shape index (κ1) is 20.7. The van der Waals surface area contributed by atoms with Crippen LogP contribution in [0.25, 0.3) is 0 Å². The zero-order valence-electron chi connectivity index (χ0n) is 14.1. The van der Waals surface area contributed by atoms with E-state index < -0.39 is 11.9 Å². The van der Waals surface area contributed by atoms with E-state index in [1.54, 1.807) is 0 Å². The minimum atomic E-state index is -4.39. The number of guanidine groups is 1. The van der Waals surface area contributed by atoms with Gasteiger partial charge in [-0.3, -0.25) is 0 Å². The second-order valence-electron chi connectivity index (χ2n) is 6.54. The lowest BCUT2D eigenvalue weighted by atomic mass is 9.98. The molecule has 0 aromatic carbocycles. The van der Waals surface area contributed by atoms with Crippen molar-refractivity contribution < 1.29 is 13.2 Å². The van der Waals surface area contributed by atoms with Crippen molar-refractivity contribution in [2.24, 2.45) is 22.7 Å². The van der Waals surface area contributed by atoms with Gasteiger partial charge in [0.25, 0.3) is 0 Å². The maximum atomic E-state index is 12.6. The first-order valence-electron chi connectivity index (χ1n) is 8.51. The fraction of sp³-hybridized carbons (Fsp3) is 0.750. The average molecular weight is 488 g/mol. The summed E-state index contributed by atoms with van der Waals surface area (Å²) < 4.78 is 37.7. The SMILES string of the molecule is CCNC(=NCc1nc(C(F)(F)F)cs1)NCC(C1CC1)C1CC1.I. The van der Waals surface area contributed by atoms with Crippen LogP contribution in [0.3, 0.4) is 0 Å². The molecule has 0 atom stereocenters. The quantitative estimate of drug-likeness (QED) is 0.343. The maximum Gasteiger partial charge on any atom is 0.434 e. The van der Waals surface area contributed by atoms with Crippen molar-refractivity contribution in [2.45, 2.75) is 45.3 Å². The smallest absolute Gasteiger partial charge is 0.357 e. The number of hydrogen-bond acceptors (Lipinski definition) is 3. The summed E-state index contributed by atoms with van der Waals surface area (Å²) in [6, 6.07) is 0. The molecule has 1 aromatic rings. The third kappa shape index (κ3) is 6.26. The summed E-state index contributed by atoms with van der Waals surface area (Å²) >= 11 is 0.997. The Kier molecular flexibility index (Phi) is 7.36. The van der Waals surface area contributed by atoms with Crippen molar-refractivity contribution in [2.75, 3.05) is 13.1 Å². The van der Waals surface area contributed by atoms with E-state index in [2.05, 4.69) is 20.6 Å². The van der Waals surface area contributed by atoms with E-state index in [9.17, 15) is 13.2 Å². The lowest BCUT2D eigenvalue weighted by Crippen LogP contribution is -2.40. The molecule has 0 radical (unpaired) electrons. The number of aliphatic imine (C=N–C) groups is 1. The number of nitrogens with one attached hydrogen (secondary N) is 2. The molecule has 4 nitrogen and oxygen atoms in total. The average Bonchev–Trinajstić information content (AvgIpc) is 3.44. The predicted octanol–water partition coefficient (Wildman–Crippen LogP) is 4.27. The molecule has 0 bridgehead atoms. The standard InChI is InChI=1S/C16H23F3N4S.HI/c1-2-20-15(21-7-12(10-3-4-10)11-5-6-11)22-8-14-23-13(9-24-14)16(17,18)19;/h9-12H,2-8H2,1H3,(H2,20,21,22);1H. The van der Waals surface area contributed by atoms with Gasteiger partial charge in [0.15, 0.2) is 11.7 Å². The third-order valence-electron chi connectivity index (χ3n) is 4.52. The molecule has 0 amide bonds. The molecule has 0 saturated heterocycles. The largest absolute Gasteiger partial charge is 0.434 e. The van der Waals surface area contributed by atoms with Gasteiger partial charge >= 0.3 is 6.18 Å². The minimum absolute atomic E-state index is 0. The number of thiazole rings is 1. The molecule has 2 fully saturated rings. The minimum Gasteiger partial charge on any atom is -0.357 e. The molecule has 2 N–H and O–H groups in total. The molecule has 2 aliphatic carbocycles. The Hall–Kier alpha value is -0.580. The van der Waals surface area contributed by atoms with Crippen LogP contribution < -0.4 is 10.6 Å². The van der Waals surface area contributed by atoms with Crippen LogP contribution in [0.1, 0.15) is 43.3 Å². The summed E-state index contributed by atoms with van der Waals surface area (Å²) in [5, 5.41) is 7.94. The highest BCUT2D eigenvalue weighted by molar-refractivity contribution is 14.0. The molecule has 3 rings (SSSR count). The summed E-state index contributed by atoms with van der Waals surface area (Å²) in [6.07, 6.45) is 0.931. The summed E-state index contributed by atoms with van der Waals surface area (Å²) in [4.78, 5) is 8.00. The number of rotatable bonds is 7. The molecule has 1 heterocycles.